The highest BCUT2D eigenvalue weighted by Gasteiger charge is 2.17. The zero-order chi connectivity index (χ0) is 37.5. The Balaban J connectivity index is 0.977. The van der Waals surface area contributed by atoms with Crippen LogP contribution in [0.1, 0.15) is 0 Å². The molecule has 0 unspecified atom stereocenters. The third-order valence-electron chi connectivity index (χ3n) is 11.7. The molecule has 0 bridgehead atoms. The van der Waals surface area contributed by atoms with E-state index in [1.165, 1.54) is 97.2 Å². The van der Waals surface area contributed by atoms with Crippen molar-refractivity contribution < 1.29 is 0 Å². The Kier molecular flexibility index (Phi) is 7.13. The number of hydrogen-bond donors (Lipinski definition) is 0. The van der Waals surface area contributed by atoms with Gasteiger partial charge >= 0.3 is 0 Å². The first-order valence-electron chi connectivity index (χ1n) is 19.5. The summed E-state index contributed by atoms with van der Waals surface area (Å²) >= 11 is 1.86. The molecule has 0 aliphatic rings. The van der Waals surface area contributed by atoms with Crippen molar-refractivity contribution in [2.45, 2.75) is 0 Å². The van der Waals surface area contributed by atoms with Crippen LogP contribution in [-0.4, -0.2) is 9.13 Å². The van der Waals surface area contributed by atoms with E-state index in [-0.39, 0.29) is 0 Å². The number of hydrogen-bond acceptors (Lipinski definition) is 1. The molecule has 12 rings (SSSR count). The average molecular weight is 743 g/mol. The highest BCUT2D eigenvalue weighted by atomic mass is 32.1. The Morgan fingerprint density at radius 1 is 0.246 bits per heavy atom. The third kappa shape index (κ3) is 5.10. The summed E-state index contributed by atoms with van der Waals surface area (Å²) in [6, 6.07) is 75.7. The van der Waals surface area contributed by atoms with Gasteiger partial charge < -0.3 is 9.13 Å². The molecule has 3 heteroatoms. The standard InChI is InChI=1S/C54H34N2S/c1-2-12-35(13-3-1)36-14-10-16-41(30-36)55-49-21-7-4-18-43(49)46-32-38(24-27-51(46)55)39-25-28-52-47(33-39)44-19-5-8-22-50(44)56(52)42-17-11-15-37(31-42)40-26-29-54-48(34-40)45-20-6-9-23-53(45)57-54/h1-34H. The minimum absolute atomic E-state index is 1.16. The first-order chi connectivity index (χ1) is 28.2. The van der Waals surface area contributed by atoms with E-state index in [9.17, 15) is 0 Å². The van der Waals surface area contributed by atoms with E-state index in [0.29, 0.717) is 0 Å². The number of para-hydroxylation sites is 2. The molecule has 0 atom stereocenters. The molecule has 0 aliphatic heterocycles. The SMILES string of the molecule is c1ccc(-c2cccc(-n3c4ccccc4c4cc(-c5ccc6c(c5)c5ccccc5n6-c5cccc(-c6ccc7sc8ccccc8c7c6)c5)ccc43)c2)cc1. The zero-order valence-corrected chi connectivity index (χ0v) is 31.7. The van der Waals surface area contributed by atoms with Crippen molar-refractivity contribution in [3.8, 4) is 44.8 Å². The highest BCUT2D eigenvalue weighted by molar-refractivity contribution is 7.25. The van der Waals surface area contributed by atoms with E-state index in [1.54, 1.807) is 0 Å². The summed E-state index contributed by atoms with van der Waals surface area (Å²) < 4.78 is 7.50. The van der Waals surface area contributed by atoms with Crippen LogP contribution in [-0.2, 0) is 0 Å². The van der Waals surface area contributed by atoms with E-state index >= 15 is 0 Å². The lowest BCUT2D eigenvalue weighted by Gasteiger charge is -2.11. The van der Waals surface area contributed by atoms with Gasteiger partial charge in [-0.25, -0.2) is 0 Å². The Labute approximate surface area is 333 Å². The molecule has 3 aromatic heterocycles. The van der Waals surface area contributed by atoms with E-state index in [1.807, 2.05) is 11.3 Å². The van der Waals surface area contributed by atoms with Crippen molar-refractivity contribution in [2.24, 2.45) is 0 Å². The summed E-state index contributed by atoms with van der Waals surface area (Å²) in [7, 11) is 0. The number of thiophene rings is 1. The van der Waals surface area contributed by atoms with Gasteiger partial charge in [0.1, 0.15) is 0 Å². The van der Waals surface area contributed by atoms with Crippen molar-refractivity contribution in [1.29, 1.82) is 0 Å². The van der Waals surface area contributed by atoms with Crippen molar-refractivity contribution in [3.05, 3.63) is 206 Å². The van der Waals surface area contributed by atoms with Crippen molar-refractivity contribution >= 4 is 75.1 Å². The van der Waals surface area contributed by atoms with Crippen LogP contribution in [0.4, 0.5) is 0 Å². The second-order valence-corrected chi connectivity index (χ2v) is 16.0. The molecule has 9 aromatic carbocycles. The van der Waals surface area contributed by atoms with E-state index < -0.39 is 0 Å². The fourth-order valence-corrected chi connectivity index (χ4v) is 10.1. The molecule has 2 nitrogen and oxygen atoms in total. The monoisotopic (exact) mass is 742 g/mol. The van der Waals surface area contributed by atoms with Crippen LogP contribution >= 0.6 is 11.3 Å². The normalized spacial score (nSPS) is 11.9. The molecular weight excluding hydrogens is 709 g/mol. The summed E-state index contributed by atoms with van der Waals surface area (Å²) in [6.07, 6.45) is 0. The van der Waals surface area contributed by atoms with Gasteiger partial charge in [-0.2, -0.15) is 0 Å². The Bertz CT molecular complexity index is 3530. The average Bonchev–Trinajstić information content (AvgIpc) is 3.94. The van der Waals surface area contributed by atoms with Gasteiger partial charge in [-0.15, -0.1) is 11.3 Å². The minimum Gasteiger partial charge on any atom is -0.309 e. The maximum absolute atomic E-state index is 2.43. The molecule has 0 N–H and O–H groups in total. The first-order valence-corrected chi connectivity index (χ1v) is 20.3. The highest BCUT2D eigenvalue weighted by Crippen LogP contribution is 2.40. The van der Waals surface area contributed by atoms with Gasteiger partial charge in [-0.05, 0) is 112 Å². The number of rotatable bonds is 5. The zero-order valence-electron chi connectivity index (χ0n) is 30.9. The maximum Gasteiger partial charge on any atom is 0.0541 e. The molecule has 266 valence electrons. The van der Waals surface area contributed by atoms with Crippen LogP contribution < -0.4 is 0 Å². The largest absolute Gasteiger partial charge is 0.309 e. The Morgan fingerprint density at radius 3 is 1.28 bits per heavy atom. The second-order valence-electron chi connectivity index (χ2n) is 14.9. The number of nitrogens with zero attached hydrogens (tertiary/aromatic N) is 2. The molecule has 57 heavy (non-hydrogen) atoms. The van der Waals surface area contributed by atoms with Crippen molar-refractivity contribution in [1.82, 2.24) is 9.13 Å². The fourth-order valence-electron chi connectivity index (χ4n) is 9.05. The molecule has 0 aliphatic carbocycles. The van der Waals surface area contributed by atoms with Gasteiger partial charge in [0.25, 0.3) is 0 Å². The number of aromatic nitrogens is 2. The molecule has 0 spiro atoms. The number of fused-ring (bicyclic) bond motifs is 9. The summed E-state index contributed by atoms with van der Waals surface area (Å²) in [5.74, 6) is 0. The van der Waals surface area contributed by atoms with Gasteiger partial charge in [-0.3, -0.25) is 0 Å². The molecule has 0 amide bonds. The predicted molar refractivity (Wildman–Crippen MR) is 244 cm³/mol. The molecule has 3 heterocycles. The Morgan fingerprint density at radius 2 is 0.667 bits per heavy atom. The van der Waals surface area contributed by atoms with Gasteiger partial charge in [-0.1, -0.05) is 127 Å². The lowest BCUT2D eigenvalue weighted by molar-refractivity contribution is 1.18. The topological polar surface area (TPSA) is 9.86 Å². The van der Waals surface area contributed by atoms with Crippen LogP contribution in [0.15, 0.2) is 206 Å². The van der Waals surface area contributed by atoms with E-state index in [2.05, 4.69) is 215 Å². The maximum atomic E-state index is 2.43. The minimum atomic E-state index is 1.16. The molecule has 0 saturated heterocycles. The lowest BCUT2D eigenvalue weighted by atomic mass is 10.0. The predicted octanol–water partition coefficient (Wildman–Crippen LogP) is 15.2. The Hall–Kier alpha value is -7.20. The van der Waals surface area contributed by atoms with Crippen LogP contribution in [0.3, 0.4) is 0 Å². The summed E-state index contributed by atoms with van der Waals surface area (Å²) in [4.78, 5) is 0. The van der Waals surface area contributed by atoms with Gasteiger partial charge in [0, 0.05) is 53.1 Å². The summed E-state index contributed by atoms with van der Waals surface area (Å²) in [5, 5.41) is 7.65. The van der Waals surface area contributed by atoms with Gasteiger partial charge in [0.05, 0.1) is 22.1 Å². The van der Waals surface area contributed by atoms with E-state index in [0.717, 1.165) is 11.4 Å². The summed E-state index contributed by atoms with van der Waals surface area (Å²) in [5.41, 5.74) is 14.4. The number of benzene rings is 9. The molecule has 12 aromatic rings. The van der Waals surface area contributed by atoms with Crippen LogP contribution in [0.25, 0.3) is 109 Å². The summed E-state index contributed by atoms with van der Waals surface area (Å²) in [6.45, 7) is 0. The van der Waals surface area contributed by atoms with E-state index in [4.69, 9.17) is 0 Å². The third-order valence-corrected chi connectivity index (χ3v) is 12.9. The van der Waals surface area contributed by atoms with Crippen molar-refractivity contribution in [3.63, 3.8) is 0 Å². The second kappa shape index (κ2) is 12.7. The molecule has 0 saturated carbocycles. The first kappa shape index (κ1) is 32.1. The van der Waals surface area contributed by atoms with Crippen LogP contribution in [0, 0.1) is 0 Å². The van der Waals surface area contributed by atoms with Gasteiger partial charge in [0.15, 0.2) is 0 Å². The van der Waals surface area contributed by atoms with Crippen molar-refractivity contribution in [2.75, 3.05) is 0 Å². The van der Waals surface area contributed by atoms with Gasteiger partial charge in [0.2, 0.25) is 0 Å². The smallest absolute Gasteiger partial charge is 0.0541 e. The lowest BCUT2D eigenvalue weighted by Crippen LogP contribution is -1.94. The fraction of sp³-hybridized carbons (Fsp3) is 0. The molecule has 0 radical (unpaired) electrons. The van der Waals surface area contributed by atoms with Crippen LogP contribution in [0.5, 0.6) is 0 Å². The quantitative estimate of drug-likeness (QED) is 0.166. The molecule has 0 fully saturated rings. The van der Waals surface area contributed by atoms with Crippen LogP contribution in [0.2, 0.25) is 0 Å². The molecular formula is C54H34N2S.